The highest BCUT2D eigenvalue weighted by Crippen LogP contribution is 2.23. The highest BCUT2D eigenvalue weighted by Gasteiger charge is 2.37. The van der Waals surface area contributed by atoms with E-state index in [0.29, 0.717) is 36.4 Å². The van der Waals surface area contributed by atoms with Crippen LogP contribution in [0.5, 0.6) is 0 Å². The van der Waals surface area contributed by atoms with E-state index in [1.54, 1.807) is 37.0 Å². The van der Waals surface area contributed by atoms with Crippen LogP contribution in [-0.2, 0) is 11.2 Å². The van der Waals surface area contributed by atoms with Gasteiger partial charge >= 0.3 is 0 Å². The molecule has 4 aliphatic heterocycles. The number of amidine groups is 1. The number of nitriles is 1. The smallest absolute Gasteiger partial charge is 0.137 e. The second kappa shape index (κ2) is 9.77. The van der Waals surface area contributed by atoms with Crippen molar-refractivity contribution in [3.05, 3.63) is 59.7 Å². The molecule has 1 aromatic rings. The minimum atomic E-state index is -0.961. The number of rotatable bonds is 8. The van der Waals surface area contributed by atoms with Gasteiger partial charge in [-0.15, -0.1) is 0 Å². The van der Waals surface area contributed by atoms with Crippen molar-refractivity contribution in [2.24, 2.45) is 4.99 Å². The third kappa shape index (κ3) is 5.81. The van der Waals surface area contributed by atoms with Crippen LogP contribution in [0.25, 0.3) is 6.20 Å². The van der Waals surface area contributed by atoms with Gasteiger partial charge in [-0.2, -0.15) is 10.4 Å². The van der Waals surface area contributed by atoms with E-state index >= 15 is 0 Å². The van der Waals surface area contributed by atoms with E-state index in [2.05, 4.69) is 46.2 Å². The molecule has 8 heteroatoms. The molecule has 2 N–H and O–H groups in total. The van der Waals surface area contributed by atoms with E-state index in [1.807, 2.05) is 0 Å². The van der Waals surface area contributed by atoms with E-state index in [9.17, 15) is 10.4 Å². The van der Waals surface area contributed by atoms with Crippen LogP contribution in [0.4, 0.5) is 0 Å². The Balaban J connectivity index is 1.41. The van der Waals surface area contributed by atoms with E-state index in [0.717, 1.165) is 31.0 Å². The lowest BCUT2D eigenvalue weighted by atomic mass is 9.91. The molecule has 0 aliphatic carbocycles. The van der Waals surface area contributed by atoms with E-state index in [4.69, 9.17) is 9.73 Å². The summed E-state index contributed by atoms with van der Waals surface area (Å²) in [6.45, 7) is 9.96. The molecule has 0 spiro atoms. The highest BCUT2D eigenvalue weighted by atomic mass is 16.5. The van der Waals surface area contributed by atoms with Crippen LogP contribution in [0, 0.1) is 11.3 Å². The van der Waals surface area contributed by atoms with Gasteiger partial charge in [0.15, 0.2) is 0 Å². The maximum atomic E-state index is 9.91. The Kier molecular flexibility index (Phi) is 6.82. The second-order valence-electron chi connectivity index (χ2n) is 9.41. The molecule has 174 valence electrons. The molecular weight excluding hydrogens is 416 g/mol. The molecule has 0 aromatic carbocycles. The minimum absolute atomic E-state index is 0.126. The van der Waals surface area contributed by atoms with E-state index < -0.39 is 5.60 Å². The van der Waals surface area contributed by atoms with Gasteiger partial charge in [0, 0.05) is 25.2 Å². The Morgan fingerprint density at radius 2 is 2.12 bits per heavy atom. The van der Waals surface area contributed by atoms with Gasteiger partial charge in [-0.3, -0.25) is 4.99 Å². The average molecular weight is 449 g/mol. The number of fused-ring (bicyclic) bond motifs is 2. The minimum Gasteiger partial charge on any atom is -0.489 e. The van der Waals surface area contributed by atoms with Gasteiger partial charge < -0.3 is 20.1 Å². The van der Waals surface area contributed by atoms with Gasteiger partial charge in [0.1, 0.15) is 24.3 Å². The fraction of sp³-hybridized carbons (Fsp3) is 0.480. The van der Waals surface area contributed by atoms with Crippen molar-refractivity contribution in [1.82, 2.24) is 20.0 Å². The molecule has 2 bridgehead atoms. The Labute approximate surface area is 195 Å². The van der Waals surface area contributed by atoms with Gasteiger partial charge in [-0.1, -0.05) is 18.7 Å². The number of aromatic nitrogens is 2. The summed E-state index contributed by atoms with van der Waals surface area (Å²) in [6.07, 6.45) is 13.9. The van der Waals surface area contributed by atoms with E-state index in [1.165, 1.54) is 12.0 Å². The van der Waals surface area contributed by atoms with Gasteiger partial charge in [0.05, 0.1) is 35.8 Å². The fourth-order valence-corrected chi connectivity index (χ4v) is 4.28. The molecule has 0 saturated carbocycles. The molecule has 8 nitrogen and oxygen atoms in total. The van der Waals surface area contributed by atoms with Crippen LogP contribution >= 0.6 is 0 Å². The fourth-order valence-electron chi connectivity index (χ4n) is 4.28. The van der Waals surface area contributed by atoms with Crippen LogP contribution in [0.1, 0.15) is 37.9 Å². The summed E-state index contributed by atoms with van der Waals surface area (Å²) in [7, 11) is 0. The summed E-state index contributed by atoms with van der Waals surface area (Å²) in [5.41, 5.74) is 1.58. The number of nitrogens with one attached hydrogen (secondary N) is 1. The predicted octanol–water partition coefficient (Wildman–Crippen LogP) is 2.40. The molecule has 2 atom stereocenters. The van der Waals surface area contributed by atoms with Crippen molar-refractivity contribution in [3.63, 3.8) is 0 Å². The van der Waals surface area contributed by atoms with Crippen LogP contribution in [-0.4, -0.2) is 69.5 Å². The Hall–Kier alpha value is -3.15. The normalized spacial score (nSPS) is 22.6. The quantitative estimate of drug-likeness (QED) is 0.468. The molecule has 2 unspecified atom stereocenters. The number of ether oxygens (including phenoxy) is 1. The molecular formula is C25H32N6O2. The summed E-state index contributed by atoms with van der Waals surface area (Å²) < 4.78 is 7.31. The summed E-state index contributed by atoms with van der Waals surface area (Å²) >= 11 is 0. The van der Waals surface area contributed by atoms with Crippen molar-refractivity contribution in [1.29, 1.82) is 5.26 Å². The van der Waals surface area contributed by atoms with Crippen LogP contribution in [0.15, 0.2) is 53.4 Å². The largest absolute Gasteiger partial charge is 0.489 e. The Morgan fingerprint density at radius 1 is 1.36 bits per heavy atom. The van der Waals surface area contributed by atoms with Gasteiger partial charge in [-0.25, -0.2) is 4.68 Å². The number of piperidine rings is 1. The zero-order chi connectivity index (χ0) is 23.4. The SMILES string of the molecule is C=C/C(=C\n1ncc(C#N)c1CCC1=CCN=C(N2CC3CC(C2)N3)C=C1)OCC(C)(C)O. The number of piperazine rings is 1. The predicted molar refractivity (Wildman–Crippen MR) is 128 cm³/mol. The summed E-state index contributed by atoms with van der Waals surface area (Å²) in [5.74, 6) is 1.54. The van der Waals surface area contributed by atoms with Crippen molar-refractivity contribution < 1.29 is 9.84 Å². The standard InChI is InChI=1S/C25H32N6O2/c1-4-22(33-17-25(2,3)32)16-31-23(19(12-26)13-28-31)7-5-18-6-8-24(27-10-9-18)30-14-20-11-21(15-30)29-20/h4,6,8-9,13,16,20-21,29,32H,1,5,7,10-11,14-15,17H2,2-3H3/b22-16+. The molecule has 3 saturated heterocycles. The summed E-state index contributed by atoms with van der Waals surface area (Å²) in [6, 6.07) is 3.43. The maximum absolute atomic E-state index is 9.91. The Morgan fingerprint density at radius 3 is 2.79 bits per heavy atom. The lowest BCUT2D eigenvalue weighted by Gasteiger charge is -2.49. The summed E-state index contributed by atoms with van der Waals surface area (Å²) in [5, 5.41) is 27.4. The highest BCUT2D eigenvalue weighted by molar-refractivity contribution is 5.94. The maximum Gasteiger partial charge on any atom is 0.137 e. The van der Waals surface area contributed by atoms with Crippen molar-refractivity contribution in [2.45, 2.75) is 50.8 Å². The third-order valence-electron chi connectivity index (χ3n) is 6.01. The third-order valence-corrected chi connectivity index (χ3v) is 6.01. The average Bonchev–Trinajstić information content (AvgIpc) is 2.99. The van der Waals surface area contributed by atoms with Gasteiger partial charge in [0.25, 0.3) is 0 Å². The molecule has 0 amide bonds. The molecule has 3 fully saturated rings. The van der Waals surface area contributed by atoms with Gasteiger partial charge in [0.2, 0.25) is 0 Å². The molecule has 5 rings (SSSR count). The van der Waals surface area contributed by atoms with Crippen LogP contribution in [0.3, 0.4) is 0 Å². The zero-order valence-electron chi connectivity index (χ0n) is 19.4. The first-order valence-corrected chi connectivity index (χ1v) is 11.4. The van der Waals surface area contributed by atoms with E-state index in [-0.39, 0.29) is 6.61 Å². The summed E-state index contributed by atoms with van der Waals surface area (Å²) in [4.78, 5) is 7.14. The molecule has 33 heavy (non-hydrogen) atoms. The number of nitrogens with zero attached hydrogens (tertiary/aromatic N) is 5. The number of allylic oxidation sites excluding steroid dienone is 3. The monoisotopic (exact) mass is 448 g/mol. The number of aliphatic imine (C=N–C) groups is 1. The number of hydrogen-bond donors (Lipinski definition) is 2. The molecule has 4 aliphatic rings. The zero-order valence-corrected chi connectivity index (χ0v) is 19.4. The lowest BCUT2D eigenvalue weighted by Crippen LogP contribution is -2.67. The first kappa shape index (κ1) is 23.0. The van der Waals surface area contributed by atoms with Crippen molar-refractivity contribution >= 4 is 12.0 Å². The van der Waals surface area contributed by atoms with Gasteiger partial charge in [-0.05, 0) is 50.8 Å². The van der Waals surface area contributed by atoms with Crippen LogP contribution in [0.2, 0.25) is 0 Å². The number of hydrogen-bond acceptors (Lipinski definition) is 7. The van der Waals surface area contributed by atoms with Crippen LogP contribution < -0.4 is 5.32 Å². The first-order valence-electron chi connectivity index (χ1n) is 11.4. The lowest BCUT2D eigenvalue weighted by molar-refractivity contribution is 0.00629. The van der Waals surface area contributed by atoms with Crippen molar-refractivity contribution in [2.75, 3.05) is 26.2 Å². The molecule has 1 aromatic heterocycles. The van der Waals surface area contributed by atoms with Crippen molar-refractivity contribution in [3.8, 4) is 6.07 Å². The first-order chi connectivity index (χ1) is 15.8. The molecule has 0 radical (unpaired) electrons. The second-order valence-corrected chi connectivity index (χ2v) is 9.41. The Bertz CT molecular complexity index is 1030. The topological polar surface area (TPSA) is 98.7 Å². The molecule has 5 heterocycles. The number of aliphatic hydroxyl groups is 1.